The van der Waals surface area contributed by atoms with Gasteiger partial charge in [-0.15, -0.1) is 0 Å². The maximum atomic E-state index is 6.12. The quantitative estimate of drug-likeness (QED) is 0.657. The lowest BCUT2D eigenvalue weighted by molar-refractivity contribution is -0.150. The lowest BCUT2D eigenvalue weighted by Gasteiger charge is -2.45. The highest BCUT2D eigenvalue weighted by molar-refractivity contribution is 5.18. The molecule has 2 atom stereocenters. The summed E-state index contributed by atoms with van der Waals surface area (Å²) in [6.45, 7) is 4.42. The van der Waals surface area contributed by atoms with Crippen molar-refractivity contribution >= 4 is 0 Å². The number of hydrogen-bond acceptors (Lipinski definition) is 5. The van der Waals surface area contributed by atoms with Crippen molar-refractivity contribution in [1.29, 1.82) is 0 Å². The lowest BCUT2D eigenvalue weighted by atomic mass is 9.76. The molecule has 3 rings (SSSR count). The van der Waals surface area contributed by atoms with Crippen molar-refractivity contribution < 1.29 is 9.47 Å². The van der Waals surface area contributed by atoms with E-state index in [9.17, 15) is 0 Å². The monoisotopic (exact) mass is 291 g/mol. The smallest absolute Gasteiger partial charge is 0.0729 e. The van der Waals surface area contributed by atoms with Crippen molar-refractivity contribution in [2.24, 2.45) is 11.8 Å². The molecular formula is C16H25N3O2. The standard InChI is InChI=1S/C16H25N3O2/c1-12-2-3-14(11-18-12)15(19-17)13-4-7-21-16(10-13)5-8-20-9-6-16/h2-3,11,13,15,19H,4-10,17H2,1H3. The molecule has 0 bridgehead atoms. The Hall–Kier alpha value is -1.01. The fourth-order valence-corrected chi connectivity index (χ4v) is 3.61. The van der Waals surface area contributed by atoms with Gasteiger partial charge in [0.25, 0.3) is 0 Å². The highest BCUT2D eigenvalue weighted by Crippen LogP contribution is 2.41. The van der Waals surface area contributed by atoms with Crippen LogP contribution in [0.3, 0.4) is 0 Å². The van der Waals surface area contributed by atoms with Gasteiger partial charge in [-0.25, -0.2) is 0 Å². The molecule has 0 saturated carbocycles. The zero-order chi connectivity index (χ0) is 14.7. The molecule has 2 unspecified atom stereocenters. The van der Waals surface area contributed by atoms with Gasteiger partial charge in [-0.2, -0.15) is 0 Å². The van der Waals surface area contributed by atoms with Crippen LogP contribution in [0.1, 0.15) is 43.0 Å². The zero-order valence-electron chi connectivity index (χ0n) is 12.7. The third kappa shape index (κ3) is 3.26. The molecule has 5 nitrogen and oxygen atoms in total. The first kappa shape index (κ1) is 14.9. The van der Waals surface area contributed by atoms with Gasteiger partial charge in [0.1, 0.15) is 0 Å². The number of aromatic nitrogens is 1. The summed E-state index contributed by atoms with van der Waals surface area (Å²) in [5.41, 5.74) is 5.19. The lowest BCUT2D eigenvalue weighted by Crippen LogP contribution is -2.47. The van der Waals surface area contributed by atoms with E-state index in [1.54, 1.807) is 0 Å². The molecule has 21 heavy (non-hydrogen) atoms. The van der Waals surface area contributed by atoms with Crippen LogP contribution in [0, 0.1) is 12.8 Å². The number of hydrazine groups is 1. The summed E-state index contributed by atoms with van der Waals surface area (Å²) < 4.78 is 11.6. The molecule has 1 spiro atoms. The zero-order valence-corrected chi connectivity index (χ0v) is 12.7. The van der Waals surface area contributed by atoms with E-state index in [1.807, 2.05) is 19.2 Å². The third-order valence-electron chi connectivity index (χ3n) is 4.88. The Morgan fingerprint density at radius 1 is 1.33 bits per heavy atom. The number of pyridine rings is 1. The van der Waals surface area contributed by atoms with Crippen LogP contribution in [0.25, 0.3) is 0 Å². The number of rotatable bonds is 3. The van der Waals surface area contributed by atoms with Crippen LogP contribution in [0.5, 0.6) is 0 Å². The first-order valence-electron chi connectivity index (χ1n) is 7.83. The van der Waals surface area contributed by atoms with Crippen molar-refractivity contribution in [3.63, 3.8) is 0 Å². The van der Waals surface area contributed by atoms with Crippen LogP contribution in [0.4, 0.5) is 0 Å². The molecule has 0 aromatic carbocycles. The molecule has 1 aromatic rings. The Labute approximate surface area is 126 Å². The Bertz CT molecular complexity index is 452. The summed E-state index contributed by atoms with van der Waals surface area (Å²) in [6, 6.07) is 4.31. The number of ether oxygens (including phenoxy) is 2. The van der Waals surface area contributed by atoms with E-state index >= 15 is 0 Å². The average molecular weight is 291 g/mol. The SMILES string of the molecule is Cc1ccc(C(NN)C2CCOC3(CCOCC3)C2)cn1. The topological polar surface area (TPSA) is 69.4 Å². The fourth-order valence-electron chi connectivity index (χ4n) is 3.61. The Morgan fingerprint density at radius 3 is 2.81 bits per heavy atom. The van der Waals surface area contributed by atoms with Crippen molar-refractivity contribution in [1.82, 2.24) is 10.4 Å². The molecule has 0 radical (unpaired) electrons. The van der Waals surface area contributed by atoms with E-state index in [-0.39, 0.29) is 11.6 Å². The summed E-state index contributed by atoms with van der Waals surface area (Å²) in [5, 5.41) is 0. The number of nitrogens with two attached hydrogens (primary N) is 1. The number of nitrogens with one attached hydrogen (secondary N) is 1. The Morgan fingerprint density at radius 2 is 2.14 bits per heavy atom. The maximum Gasteiger partial charge on any atom is 0.0729 e. The molecule has 2 saturated heterocycles. The van der Waals surface area contributed by atoms with E-state index in [2.05, 4.69) is 16.5 Å². The van der Waals surface area contributed by atoms with Crippen LogP contribution in [0.15, 0.2) is 18.3 Å². The predicted octanol–water partition coefficient (Wildman–Crippen LogP) is 1.87. The van der Waals surface area contributed by atoms with Crippen LogP contribution < -0.4 is 11.3 Å². The molecule has 1 aromatic heterocycles. The molecule has 0 amide bonds. The highest BCUT2D eigenvalue weighted by Gasteiger charge is 2.41. The summed E-state index contributed by atoms with van der Waals surface area (Å²) in [7, 11) is 0. The van der Waals surface area contributed by atoms with Crippen LogP contribution >= 0.6 is 0 Å². The predicted molar refractivity (Wildman–Crippen MR) is 80.5 cm³/mol. The molecule has 116 valence electrons. The van der Waals surface area contributed by atoms with Crippen molar-refractivity contribution in [3.05, 3.63) is 29.6 Å². The minimum absolute atomic E-state index is 0.00556. The van der Waals surface area contributed by atoms with E-state index < -0.39 is 0 Å². The van der Waals surface area contributed by atoms with Crippen LogP contribution in [-0.4, -0.2) is 30.4 Å². The number of aryl methyl sites for hydroxylation is 1. The highest BCUT2D eigenvalue weighted by atomic mass is 16.5. The molecule has 0 aliphatic carbocycles. The second-order valence-corrected chi connectivity index (χ2v) is 6.27. The van der Waals surface area contributed by atoms with Crippen LogP contribution in [-0.2, 0) is 9.47 Å². The van der Waals surface area contributed by atoms with Gasteiger partial charge >= 0.3 is 0 Å². The largest absolute Gasteiger partial charge is 0.381 e. The van der Waals surface area contributed by atoms with Crippen molar-refractivity contribution in [3.8, 4) is 0 Å². The molecule has 2 fully saturated rings. The van der Waals surface area contributed by atoms with E-state index in [0.29, 0.717) is 5.92 Å². The number of hydrogen-bond donors (Lipinski definition) is 2. The van der Waals surface area contributed by atoms with Gasteiger partial charge in [0.15, 0.2) is 0 Å². The van der Waals surface area contributed by atoms with Gasteiger partial charge in [-0.3, -0.25) is 16.3 Å². The second kappa shape index (κ2) is 6.40. The maximum absolute atomic E-state index is 6.12. The number of nitrogens with zero attached hydrogens (tertiary/aromatic N) is 1. The van der Waals surface area contributed by atoms with Crippen molar-refractivity contribution in [2.75, 3.05) is 19.8 Å². The first-order valence-corrected chi connectivity index (χ1v) is 7.83. The minimum Gasteiger partial charge on any atom is -0.381 e. The first-order chi connectivity index (χ1) is 10.2. The summed E-state index contributed by atoms with van der Waals surface area (Å²) in [5.74, 6) is 6.33. The van der Waals surface area contributed by atoms with Gasteiger partial charge in [0.2, 0.25) is 0 Å². The van der Waals surface area contributed by atoms with Crippen LogP contribution in [0.2, 0.25) is 0 Å². The van der Waals surface area contributed by atoms with E-state index in [4.69, 9.17) is 15.3 Å². The average Bonchev–Trinajstić information content (AvgIpc) is 2.51. The van der Waals surface area contributed by atoms with Gasteiger partial charge < -0.3 is 9.47 Å². The van der Waals surface area contributed by atoms with Gasteiger partial charge in [-0.1, -0.05) is 6.07 Å². The van der Waals surface area contributed by atoms with E-state index in [1.165, 1.54) is 0 Å². The van der Waals surface area contributed by atoms with Gasteiger partial charge in [0, 0.05) is 31.7 Å². The van der Waals surface area contributed by atoms with E-state index in [0.717, 1.165) is 56.8 Å². The van der Waals surface area contributed by atoms with Crippen molar-refractivity contribution in [2.45, 2.75) is 44.2 Å². The normalized spacial score (nSPS) is 26.7. The minimum atomic E-state index is -0.00556. The molecule has 3 heterocycles. The summed E-state index contributed by atoms with van der Waals surface area (Å²) in [4.78, 5) is 4.40. The molecular weight excluding hydrogens is 266 g/mol. The Kier molecular flexibility index (Phi) is 4.54. The molecule has 2 aliphatic rings. The summed E-state index contributed by atoms with van der Waals surface area (Å²) in [6.07, 6.45) is 6.00. The fraction of sp³-hybridized carbons (Fsp3) is 0.688. The molecule has 2 aliphatic heterocycles. The Balaban J connectivity index is 1.75. The molecule has 5 heteroatoms. The third-order valence-corrected chi connectivity index (χ3v) is 4.88. The molecule has 3 N–H and O–H groups in total. The van der Waals surface area contributed by atoms with Gasteiger partial charge in [0.05, 0.1) is 11.6 Å². The second-order valence-electron chi connectivity index (χ2n) is 6.27. The van der Waals surface area contributed by atoms with Gasteiger partial charge in [-0.05, 0) is 50.2 Å². The summed E-state index contributed by atoms with van der Waals surface area (Å²) >= 11 is 0.